The first kappa shape index (κ1) is 17.0. The topological polar surface area (TPSA) is 54.0 Å². The summed E-state index contributed by atoms with van der Waals surface area (Å²) >= 11 is 10.1. The number of nitrogens with one attached hydrogen (secondary N) is 2. The van der Waals surface area contributed by atoms with Crippen molar-refractivity contribution < 1.29 is 4.79 Å². The Labute approximate surface area is 157 Å². The first-order valence-electron chi connectivity index (χ1n) is 7.18. The molecule has 7 heteroatoms. The van der Waals surface area contributed by atoms with E-state index in [9.17, 15) is 4.79 Å². The van der Waals surface area contributed by atoms with Gasteiger partial charge in [-0.05, 0) is 61.5 Å². The third-order valence-electron chi connectivity index (χ3n) is 3.50. The highest BCUT2D eigenvalue weighted by Gasteiger charge is 2.12. The number of thiocarbonyl (C=S) groups is 1. The van der Waals surface area contributed by atoms with Gasteiger partial charge < -0.3 is 5.32 Å². The number of aromatic nitrogens is 1. The number of carbonyl (C=O) groups excluding carboxylic acids is 1. The molecule has 0 spiro atoms. The second kappa shape index (κ2) is 6.96. The van der Waals surface area contributed by atoms with Crippen LogP contribution in [0.15, 0.2) is 40.9 Å². The lowest BCUT2D eigenvalue weighted by Crippen LogP contribution is -2.34. The van der Waals surface area contributed by atoms with Gasteiger partial charge in [0.2, 0.25) is 0 Å². The Hall–Kier alpha value is -1.83. The number of hydrogen-bond acceptors (Lipinski definition) is 4. The van der Waals surface area contributed by atoms with Crippen LogP contribution in [0, 0.1) is 13.8 Å². The van der Waals surface area contributed by atoms with E-state index in [-0.39, 0.29) is 11.0 Å². The Morgan fingerprint density at radius 1 is 1.12 bits per heavy atom. The van der Waals surface area contributed by atoms with Crippen LogP contribution in [0.25, 0.3) is 10.2 Å². The lowest BCUT2D eigenvalue weighted by atomic mass is 10.1. The van der Waals surface area contributed by atoms with E-state index in [0.717, 1.165) is 20.3 Å². The van der Waals surface area contributed by atoms with Crippen LogP contribution < -0.4 is 10.6 Å². The molecule has 1 amide bonds. The third kappa shape index (κ3) is 3.63. The van der Waals surface area contributed by atoms with Gasteiger partial charge in [0.1, 0.15) is 0 Å². The number of benzene rings is 2. The van der Waals surface area contributed by atoms with Gasteiger partial charge in [-0.1, -0.05) is 39.4 Å². The average Bonchev–Trinajstić information content (AvgIpc) is 2.96. The maximum atomic E-state index is 12.2. The molecular formula is C17H14BrN3OS2. The van der Waals surface area contributed by atoms with Crippen LogP contribution in [-0.2, 0) is 0 Å². The molecule has 3 aromatic rings. The molecule has 1 heterocycles. The first-order valence-corrected chi connectivity index (χ1v) is 9.20. The van der Waals surface area contributed by atoms with E-state index < -0.39 is 0 Å². The van der Waals surface area contributed by atoms with E-state index in [2.05, 4.69) is 50.6 Å². The summed E-state index contributed by atoms with van der Waals surface area (Å²) in [6.45, 7) is 4.08. The quantitative estimate of drug-likeness (QED) is 0.585. The predicted octanol–water partition coefficient (Wildman–Crippen LogP) is 4.80. The van der Waals surface area contributed by atoms with Gasteiger partial charge in [0.25, 0.3) is 5.91 Å². The monoisotopic (exact) mass is 419 g/mol. The van der Waals surface area contributed by atoms with Crippen LogP contribution in [0.1, 0.15) is 21.5 Å². The SMILES string of the molecule is Cc1ccc(C)c2sc(NC(=S)NC(=O)c3ccc(Br)cc3)nc12. The maximum absolute atomic E-state index is 12.2. The van der Waals surface area contributed by atoms with Crippen LogP contribution in [-0.4, -0.2) is 16.0 Å². The number of carbonyl (C=O) groups is 1. The average molecular weight is 420 g/mol. The summed E-state index contributed by atoms with van der Waals surface area (Å²) in [4.78, 5) is 16.7. The molecule has 0 fully saturated rings. The molecule has 3 rings (SSSR count). The molecule has 0 atom stereocenters. The highest BCUT2D eigenvalue weighted by Crippen LogP contribution is 2.30. The van der Waals surface area contributed by atoms with Gasteiger partial charge in [-0.2, -0.15) is 0 Å². The zero-order valence-corrected chi connectivity index (χ0v) is 16.2. The van der Waals surface area contributed by atoms with Crippen molar-refractivity contribution >= 4 is 65.9 Å². The highest BCUT2D eigenvalue weighted by atomic mass is 79.9. The summed E-state index contributed by atoms with van der Waals surface area (Å²) in [5.74, 6) is -0.256. The van der Waals surface area contributed by atoms with E-state index in [1.807, 2.05) is 19.1 Å². The van der Waals surface area contributed by atoms with Gasteiger partial charge >= 0.3 is 0 Å². The van der Waals surface area contributed by atoms with Gasteiger partial charge in [0.05, 0.1) is 10.2 Å². The number of fused-ring (bicyclic) bond motifs is 1. The molecule has 2 N–H and O–H groups in total. The highest BCUT2D eigenvalue weighted by molar-refractivity contribution is 9.10. The number of rotatable bonds is 2. The molecule has 1 aromatic heterocycles. The van der Waals surface area contributed by atoms with E-state index in [0.29, 0.717) is 10.7 Å². The molecule has 0 aliphatic rings. The second-order valence-corrected chi connectivity index (χ2v) is 7.63. The van der Waals surface area contributed by atoms with E-state index >= 15 is 0 Å². The summed E-state index contributed by atoms with van der Waals surface area (Å²) in [6, 6.07) is 11.2. The van der Waals surface area contributed by atoms with Gasteiger partial charge in [0, 0.05) is 10.0 Å². The van der Waals surface area contributed by atoms with Crippen molar-refractivity contribution in [1.82, 2.24) is 10.3 Å². The number of halogens is 1. The normalized spacial score (nSPS) is 10.6. The Bertz CT molecular complexity index is 896. The number of aryl methyl sites for hydroxylation is 2. The van der Waals surface area contributed by atoms with Crippen molar-refractivity contribution in [3.63, 3.8) is 0 Å². The summed E-state index contributed by atoms with van der Waals surface area (Å²) in [5.41, 5.74) is 3.79. The van der Waals surface area contributed by atoms with E-state index in [1.165, 1.54) is 16.9 Å². The fourth-order valence-electron chi connectivity index (χ4n) is 2.22. The molecule has 122 valence electrons. The molecule has 2 aromatic carbocycles. The van der Waals surface area contributed by atoms with Crippen LogP contribution in [0.4, 0.5) is 5.13 Å². The minimum Gasteiger partial charge on any atom is -0.308 e. The molecule has 0 saturated heterocycles. The van der Waals surface area contributed by atoms with Gasteiger partial charge in [-0.15, -0.1) is 0 Å². The zero-order valence-electron chi connectivity index (χ0n) is 13.0. The minimum atomic E-state index is -0.256. The summed E-state index contributed by atoms with van der Waals surface area (Å²) in [5, 5.41) is 6.57. The van der Waals surface area contributed by atoms with Gasteiger partial charge in [-0.3, -0.25) is 10.1 Å². The van der Waals surface area contributed by atoms with E-state index in [1.54, 1.807) is 12.1 Å². The fourth-order valence-corrected chi connectivity index (χ4v) is 3.75. The second-order valence-electron chi connectivity index (χ2n) is 5.31. The molecule has 0 bridgehead atoms. The molecule has 0 radical (unpaired) electrons. The molecule has 0 unspecified atom stereocenters. The molecule has 0 aliphatic carbocycles. The van der Waals surface area contributed by atoms with Crippen molar-refractivity contribution in [3.05, 3.63) is 57.6 Å². The Kier molecular flexibility index (Phi) is 4.93. The summed E-state index contributed by atoms with van der Waals surface area (Å²) < 4.78 is 2.04. The molecular weight excluding hydrogens is 406 g/mol. The molecule has 24 heavy (non-hydrogen) atoms. The molecule has 4 nitrogen and oxygen atoms in total. The molecule has 0 saturated carbocycles. The zero-order chi connectivity index (χ0) is 17.3. The van der Waals surface area contributed by atoms with Crippen molar-refractivity contribution in [2.45, 2.75) is 13.8 Å². The Morgan fingerprint density at radius 2 is 1.79 bits per heavy atom. The minimum absolute atomic E-state index is 0.234. The van der Waals surface area contributed by atoms with Crippen LogP contribution >= 0.6 is 39.5 Å². The summed E-state index contributed by atoms with van der Waals surface area (Å²) in [7, 11) is 0. The number of nitrogens with zero attached hydrogens (tertiary/aromatic N) is 1. The molecule has 0 aliphatic heterocycles. The van der Waals surface area contributed by atoms with Gasteiger partial charge in [0.15, 0.2) is 10.2 Å². The van der Waals surface area contributed by atoms with E-state index in [4.69, 9.17) is 12.2 Å². The van der Waals surface area contributed by atoms with Crippen LogP contribution in [0.5, 0.6) is 0 Å². The van der Waals surface area contributed by atoms with Crippen LogP contribution in [0.3, 0.4) is 0 Å². The number of hydrogen-bond donors (Lipinski definition) is 2. The van der Waals surface area contributed by atoms with Crippen molar-refractivity contribution in [3.8, 4) is 0 Å². The fraction of sp³-hybridized carbons (Fsp3) is 0.118. The maximum Gasteiger partial charge on any atom is 0.257 e. The first-order chi connectivity index (χ1) is 11.4. The number of amides is 1. The van der Waals surface area contributed by atoms with Crippen molar-refractivity contribution in [2.24, 2.45) is 0 Å². The van der Waals surface area contributed by atoms with Crippen molar-refractivity contribution in [2.75, 3.05) is 5.32 Å². The lowest BCUT2D eigenvalue weighted by Gasteiger charge is -2.07. The smallest absolute Gasteiger partial charge is 0.257 e. The predicted molar refractivity (Wildman–Crippen MR) is 107 cm³/mol. The lowest BCUT2D eigenvalue weighted by molar-refractivity contribution is 0.0977. The van der Waals surface area contributed by atoms with Gasteiger partial charge in [-0.25, -0.2) is 4.98 Å². The van der Waals surface area contributed by atoms with Crippen molar-refractivity contribution in [1.29, 1.82) is 0 Å². The Morgan fingerprint density at radius 3 is 2.46 bits per heavy atom. The summed E-state index contributed by atoms with van der Waals surface area (Å²) in [6.07, 6.45) is 0. The largest absolute Gasteiger partial charge is 0.308 e. The van der Waals surface area contributed by atoms with Crippen LogP contribution in [0.2, 0.25) is 0 Å². The Balaban J connectivity index is 1.73. The third-order valence-corrected chi connectivity index (χ3v) is 5.34. The number of anilines is 1. The number of thiazole rings is 1. The standard InChI is InChI=1S/C17H14BrN3OS2/c1-9-3-4-10(2)14-13(9)19-17(24-14)21-16(23)20-15(22)11-5-7-12(18)8-6-11/h3-8H,1-2H3,(H2,19,20,21,22,23).